The first-order chi connectivity index (χ1) is 9.16. The fourth-order valence-electron chi connectivity index (χ4n) is 1.54. The van der Waals surface area contributed by atoms with Gasteiger partial charge in [-0.05, 0) is 27.6 Å². The maximum Gasteiger partial charge on any atom is 0.323 e. The number of hydrogen-bond donors (Lipinski definition) is 4. The van der Waals surface area contributed by atoms with Gasteiger partial charge in [0.15, 0.2) is 11.8 Å². The molecule has 0 radical (unpaired) electrons. The van der Waals surface area contributed by atoms with Crippen LogP contribution in [-0.2, 0) is 19.2 Å². The van der Waals surface area contributed by atoms with Crippen molar-refractivity contribution in [3.8, 4) is 0 Å². The second-order valence-corrected chi connectivity index (χ2v) is 6.05. The van der Waals surface area contributed by atoms with Gasteiger partial charge in [-0.25, -0.2) is 0 Å². The Labute approximate surface area is 123 Å². The Balaban J connectivity index is 3.50. The zero-order chi connectivity index (χ0) is 15.6. The Kier molecular flexibility index (Phi) is 4.84. The van der Waals surface area contributed by atoms with Gasteiger partial charge in [-0.2, -0.15) is 0 Å². The van der Waals surface area contributed by atoms with Gasteiger partial charge in [0, 0.05) is 4.88 Å². The maximum absolute atomic E-state index is 11.0. The summed E-state index contributed by atoms with van der Waals surface area (Å²) in [7, 11) is 0. The number of carbonyl (C=O) groups is 4. The Morgan fingerprint density at radius 1 is 0.900 bits per heavy atom. The van der Waals surface area contributed by atoms with Crippen LogP contribution >= 0.6 is 27.3 Å². The first kappa shape index (κ1) is 16.1. The van der Waals surface area contributed by atoms with E-state index >= 15 is 0 Å². The number of carboxylic acid groups (broad SMARTS) is 4. The highest BCUT2D eigenvalue weighted by Crippen LogP contribution is 2.37. The minimum atomic E-state index is -2.03. The van der Waals surface area contributed by atoms with E-state index in [0.29, 0.717) is 11.3 Å². The third-order valence-electron chi connectivity index (χ3n) is 2.32. The molecule has 0 aromatic carbocycles. The molecule has 1 rings (SSSR count). The highest BCUT2D eigenvalue weighted by molar-refractivity contribution is 9.11. The van der Waals surface area contributed by atoms with Crippen LogP contribution in [0.3, 0.4) is 0 Å². The predicted octanol–water partition coefficient (Wildman–Crippen LogP) is 1.02. The van der Waals surface area contributed by atoms with Crippen LogP contribution in [0.2, 0.25) is 0 Å². The zero-order valence-corrected chi connectivity index (χ0v) is 11.8. The van der Waals surface area contributed by atoms with E-state index in [1.807, 2.05) is 0 Å². The fraction of sp³-hybridized carbons (Fsp3) is 0.200. The molecule has 0 unspecified atom stereocenters. The van der Waals surface area contributed by atoms with Crippen LogP contribution in [0, 0.1) is 0 Å². The van der Waals surface area contributed by atoms with Gasteiger partial charge < -0.3 is 20.4 Å². The molecular weight excluding hydrogens is 360 g/mol. The number of rotatable bonds is 6. The molecule has 1 aromatic heterocycles. The first-order valence-corrected chi connectivity index (χ1v) is 6.48. The van der Waals surface area contributed by atoms with Crippen LogP contribution < -0.4 is 0 Å². The Morgan fingerprint density at radius 2 is 1.30 bits per heavy atom. The Morgan fingerprint density at radius 3 is 1.65 bits per heavy atom. The average Bonchev–Trinajstić information content (AvgIpc) is 2.57. The molecule has 0 amide bonds. The van der Waals surface area contributed by atoms with E-state index in [-0.39, 0.29) is 14.2 Å². The summed E-state index contributed by atoms with van der Waals surface area (Å²) < 4.78 is 0.238. The second-order valence-electron chi connectivity index (χ2n) is 3.59. The van der Waals surface area contributed by atoms with Crippen molar-refractivity contribution < 1.29 is 39.6 Å². The molecule has 108 valence electrons. The lowest BCUT2D eigenvalue weighted by atomic mass is 9.94. The summed E-state index contributed by atoms with van der Waals surface area (Å²) in [5.41, 5.74) is -0.364. The molecule has 0 spiro atoms. The minimum Gasteiger partial charge on any atom is -0.480 e. The van der Waals surface area contributed by atoms with Gasteiger partial charge in [0.2, 0.25) is 0 Å². The van der Waals surface area contributed by atoms with Gasteiger partial charge in [-0.15, -0.1) is 11.3 Å². The molecule has 0 aliphatic rings. The summed E-state index contributed by atoms with van der Waals surface area (Å²) >= 11 is 3.63. The van der Waals surface area contributed by atoms with Gasteiger partial charge >= 0.3 is 23.9 Å². The lowest BCUT2D eigenvalue weighted by Gasteiger charge is -2.11. The molecule has 0 bridgehead atoms. The topological polar surface area (TPSA) is 149 Å². The molecule has 20 heavy (non-hydrogen) atoms. The lowest BCUT2D eigenvalue weighted by Crippen LogP contribution is -2.26. The van der Waals surface area contributed by atoms with Crippen molar-refractivity contribution in [2.24, 2.45) is 0 Å². The highest BCUT2D eigenvalue weighted by atomic mass is 79.9. The summed E-state index contributed by atoms with van der Waals surface area (Å²) in [5, 5.41) is 35.6. The van der Waals surface area contributed by atoms with E-state index in [1.54, 1.807) is 0 Å². The third kappa shape index (κ3) is 3.14. The monoisotopic (exact) mass is 366 g/mol. The molecule has 0 saturated carbocycles. The van der Waals surface area contributed by atoms with E-state index < -0.39 is 35.7 Å². The summed E-state index contributed by atoms with van der Waals surface area (Å²) in [5.74, 6) is -10.9. The summed E-state index contributed by atoms with van der Waals surface area (Å²) in [6.45, 7) is 0. The molecule has 1 heterocycles. The Bertz CT molecular complexity index is 515. The molecule has 10 heteroatoms. The molecule has 4 N–H and O–H groups in total. The predicted molar refractivity (Wildman–Crippen MR) is 68.0 cm³/mol. The van der Waals surface area contributed by atoms with Crippen molar-refractivity contribution in [2.45, 2.75) is 11.8 Å². The average molecular weight is 367 g/mol. The van der Waals surface area contributed by atoms with E-state index in [4.69, 9.17) is 20.4 Å². The maximum atomic E-state index is 11.0. The van der Waals surface area contributed by atoms with Crippen molar-refractivity contribution in [1.82, 2.24) is 0 Å². The largest absolute Gasteiger partial charge is 0.480 e. The SMILES string of the molecule is O=C(O)C(C(=O)O)c1cc(Br)sc1C(C(=O)O)C(=O)O. The van der Waals surface area contributed by atoms with Crippen LogP contribution in [0.15, 0.2) is 9.85 Å². The van der Waals surface area contributed by atoms with E-state index in [9.17, 15) is 19.2 Å². The van der Waals surface area contributed by atoms with Crippen LogP contribution in [0.25, 0.3) is 0 Å². The number of hydrogen-bond acceptors (Lipinski definition) is 5. The Hall–Kier alpha value is -1.94. The molecule has 0 fully saturated rings. The van der Waals surface area contributed by atoms with Gasteiger partial charge in [0.05, 0.1) is 3.79 Å². The van der Waals surface area contributed by atoms with Gasteiger partial charge in [-0.1, -0.05) is 0 Å². The number of carboxylic acids is 4. The van der Waals surface area contributed by atoms with Crippen molar-refractivity contribution in [2.75, 3.05) is 0 Å². The van der Waals surface area contributed by atoms with E-state index in [1.165, 1.54) is 0 Å². The van der Waals surface area contributed by atoms with Crippen LogP contribution in [0.1, 0.15) is 22.3 Å². The molecular formula is C10H7BrO8S. The van der Waals surface area contributed by atoms with Crippen molar-refractivity contribution in [3.63, 3.8) is 0 Å². The molecule has 0 aliphatic carbocycles. The highest BCUT2D eigenvalue weighted by Gasteiger charge is 2.38. The fourth-order valence-corrected chi connectivity index (χ4v) is 3.32. The van der Waals surface area contributed by atoms with Crippen molar-refractivity contribution in [3.05, 3.63) is 20.3 Å². The third-order valence-corrected chi connectivity index (χ3v) is 4.04. The second kappa shape index (κ2) is 6.01. The molecule has 0 saturated heterocycles. The van der Waals surface area contributed by atoms with Crippen LogP contribution in [-0.4, -0.2) is 44.3 Å². The number of halogens is 1. The zero-order valence-electron chi connectivity index (χ0n) is 9.44. The quantitative estimate of drug-likeness (QED) is 0.545. The molecule has 8 nitrogen and oxygen atoms in total. The van der Waals surface area contributed by atoms with Crippen LogP contribution in [0.4, 0.5) is 0 Å². The van der Waals surface area contributed by atoms with Crippen molar-refractivity contribution >= 4 is 51.1 Å². The molecule has 0 atom stereocenters. The summed E-state index contributed by atoms with van der Waals surface area (Å²) in [6, 6.07) is 1.10. The standard InChI is InChI=1S/C10H7BrO8S/c11-3-1-2(4(7(12)13)8(14)15)6(20-3)5(9(16)17)10(18)19/h1,4-5H,(H,12,13)(H,14,15)(H,16,17)(H,18,19). The smallest absolute Gasteiger partial charge is 0.323 e. The van der Waals surface area contributed by atoms with Gasteiger partial charge in [0.1, 0.15) is 0 Å². The number of aliphatic carboxylic acids is 4. The molecule has 1 aromatic rings. The lowest BCUT2D eigenvalue weighted by molar-refractivity contribution is -0.153. The van der Waals surface area contributed by atoms with E-state index in [0.717, 1.165) is 6.07 Å². The normalized spacial score (nSPS) is 10.8. The van der Waals surface area contributed by atoms with Crippen molar-refractivity contribution in [1.29, 1.82) is 0 Å². The summed E-state index contributed by atoms with van der Waals surface area (Å²) in [6.07, 6.45) is 0. The molecule has 0 aliphatic heterocycles. The summed E-state index contributed by atoms with van der Waals surface area (Å²) in [4.78, 5) is 43.6. The first-order valence-electron chi connectivity index (χ1n) is 4.87. The number of thiophene rings is 1. The van der Waals surface area contributed by atoms with Gasteiger partial charge in [-0.3, -0.25) is 19.2 Å². The minimum absolute atomic E-state index is 0.238. The van der Waals surface area contributed by atoms with Gasteiger partial charge in [0.25, 0.3) is 0 Å². The van der Waals surface area contributed by atoms with Crippen LogP contribution in [0.5, 0.6) is 0 Å². The van der Waals surface area contributed by atoms with E-state index in [2.05, 4.69) is 15.9 Å².